The van der Waals surface area contributed by atoms with Gasteiger partial charge in [-0.2, -0.15) is 0 Å². The fourth-order valence-electron chi connectivity index (χ4n) is 1.32. The number of nitrogens with one attached hydrogen (secondary N) is 1. The van der Waals surface area contributed by atoms with Crippen molar-refractivity contribution in [3.8, 4) is 0 Å². The number of nitrogens with zero attached hydrogens (tertiary/aromatic N) is 1. The summed E-state index contributed by atoms with van der Waals surface area (Å²) < 4.78 is 4.96. The van der Waals surface area contributed by atoms with Crippen LogP contribution in [-0.2, 0) is 16.8 Å². The number of carboxylic acids is 1. The third-order valence-electron chi connectivity index (χ3n) is 2.70. The number of thiazole rings is 1. The molecule has 0 unspecified atom stereocenters. The smallest absolute Gasteiger partial charge is 0.315 e. The normalized spacial score (nSPS) is 11.4. The van der Waals surface area contributed by atoms with Crippen molar-refractivity contribution in [2.75, 3.05) is 5.32 Å². The van der Waals surface area contributed by atoms with Crippen molar-refractivity contribution >= 4 is 22.4 Å². The van der Waals surface area contributed by atoms with Gasteiger partial charge in [-0.25, -0.2) is 4.98 Å². The number of aliphatic carboxylic acids is 1. The van der Waals surface area contributed by atoms with Gasteiger partial charge in [-0.3, -0.25) is 4.79 Å². The molecule has 0 aliphatic rings. The first-order valence-corrected chi connectivity index (χ1v) is 6.32. The molecule has 2 heterocycles. The molecule has 0 fully saturated rings. The van der Waals surface area contributed by atoms with E-state index in [1.165, 1.54) is 11.3 Å². The van der Waals surface area contributed by atoms with Gasteiger partial charge >= 0.3 is 5.97 Å². The molecule has 2 N–H and O–H groups in total. The van der Waals surface area contributed by atoms with Gasteiger partial charge < -0.3 is 14.8 Å². The third-order valence-corrected chi connectivity index (χ3v) is 3.50. The van der Waals surface area contributed by atoms with E-state index in [2.05, 4.69) is 10.3 Å². The van der Waals surface area contributed by atoms with E-state index in [9.17, 15) is 4.79 Å². The van der Waals surface area contributed by atoms with Gasteiger partial charge in [-0.15, -0.1) is 11.3 Å². The molecule has 6 heteroatoms. The van der Waals surface area contributed by atoms with Gasteiger partial charge in [0.05, 0.1) is 18.2 Å². The number of hydrogen-bond acceptors (Lipinski definition) is 5. The largest absolute Gasteiger partial charge is 0.481 e. The van der Waals surface area contributed by atoms with Crippen molar-refractivity contribution in [3.05, 3.63) is 35.2 Å². The molecule has 0 aromatic carbocycles. The zero-order valence-electron chi connectivity index (χ0n) is 10.1. The molecule has 0 atom stereocenters. The van der Waals surface area contributed by atoms with E-state index in [-0.39, 0.29) is 0 Å². The number of carbonyl (C=O) groups is 1. The number of anilines is 1. The second-order valence-electron chi connectivity index (χ2n) is 4.45. The van der Waals surface area contributed by atoms with E-state index in [0.717, 1.165) is 5.56 Å². The summed E-state index contributed by atoms with van der Waals surface area (Å²) in [6.07, 6.45) is 3.26. The first-order chi connectivity index (χ1) is 8.50. The van der Waals surface area contributed by atoms with Crippen molar-refractivity contribution in [2.24, 2.45) is 0 Å². The van der Waals surface area contributed by atoms with Gasteiger partial charge in [0.2, 0.25) is 0 Å². The third kappa shape index (κ3) is 2.53. The minimum atomic E-state index is -0.966. The topological polar surface area (TPSA) is 75.4 Å². The molecule has 2 rings (SSSR count). The Kier molecular flexibility index (Phi) is 3.38. The van der Waals surface area contributed by atoms with Crippen LogP contribution in [0.2, 0.25) is 0 Å². The fourth-order valence-corrected chi connectivity index (χ4v) is 2.20. The number of carboxylic acid groups (broad SMARTS) is 1. The highest BCUT2D eigenvalue weighted by molar-refractivity contribution is 7.13. The summed E-state index contributed by atoms with van der Waals surface area (Å²) in [4.78, 5) is 15.4. The zero-order valence-corrected chi connectivity index (χ0v) is 11.0. The van der Waals surface area contributed by atoms with E-state index in [4.69, 9.17) is 9.52 Å². The minimum Gasteiger partial charge on any atom is -0.481 e. The van der Waals surface area contributed by atoms with Gasteiger partial charge in [-0.05, 0) is 19.9 Å². The second kappa shape index (κ2) is 4.81. The van der Waals surface area contributed by atoms with Gasteiger partial charge in [0.1, 0.15) is 5.41 Å². The quantitative estimate of drug-likeness (QED) is 0.870. The highest BCUT2D eigenvalue weighted by Crippen LogP contribution is 2.27. The molecular formula is C12H14N2O3S. The Hall–Kier alpha value is -1.82. The van der Waals surface area contributed by atoms with E-state index >= 15 is 0 Å². The summed E-state index contributed by atoms with van der Waals surface area (Å²) >= 11 is 1.40. The average Bonchev–Trinajstić information content (AvgIpc) is 2.97. The van der Waals surface area contributed by atoms with Crippen LogP contribution in [0.25, 0.3) is 0 Å². The lowest BCUT2D eigenvalue weighted by atomic mass is 9.90. The van der Waals surface area contributed by atoms with Crippen molar-refractivity contribution in [1.29, 1.82) is 0 Å². The van der Waals surface area contributed by atoms with E-state index in [1.54, 1.807) is 31.8 Å². The van der Waals surface area contributed by atoms with Crippen molar-refractivity contribution in [1.82, 2.24) is 4.98 Å². The molecular weight excluding hydrogens is 252 g/mol. The Bertz CT molecular complexity index is 531. The summed E-state index contributed by atoms with van der Waals surface area (Å²) in [5, 5.41) is 14.7. The van der Waals surface area contributed by atoms with Gasteiger partial charge in [0.25, 0.3) is 0 Å². The number of rotatable bonds is 5. The lowest BCUT2D eigenvalue weighted by Gasteiger charge is -2.15. The van der Waals surface area contributed by atoms with Gasteiger partial charge in [0.15, 0.2) is 5.13 Å². The molecule has 0 radical (unpaired) electrons. The van der Waals surface area contributed by atoms with Crippen LogP contribution in [0.5, 0.6) is 0 Å². The molecule has 0 saturated heterocycles. The fraction of sp³-hybridized carbons (Fsp3) is 0.333. The molecule has 18 heavy (non-hydrogen) atoms. The highest BCUT2D eigenvalue weighted by Gasteiger charge is 2.32. The van der Waals surface area contributed by atoms with Crippen LogP contribution in [0.4, 0.5) is 5.13 Å². The number of hydrogen-bond donors (Lipinski definition) is 2. The van der Waals surface area contributed by atoms with Gasteiger partial charge in [-0.1, -0.05) is 0 Å². The molecule has 0 saturated carbocycles. The predicted molar refractivity (Wildman–Crippen MR) is 68.8 cm³/mol. The predicted octanol–water partition coefficient (Wildman–Crippen LogP) is 2.71. The Morgan fingerprint density at radius 3 is 3.00 bits per heavy atom. The summed E-state index contributed by atoms with van der Waals surface area (Å²) in [6.45, 7) is 3.89. The Balaban J connectivity index is 2.04. The molecule has 2 aromatic rings. The van der Waals surface area contributed by atoms with Crippen LogP contribution in [0, 0.1) is 0 Å². The maximum atomic E-state index is 11.1. The lowest BCUT2D eigenvalue weighted by Crippen LogP contribution is -2.28. The summed E-state index contributed by atoms with van der Waals surface area (Å²) in [5.74, 6) is -0.880. The van der Waals surface area contributed by atoms with Gasteiger partial charge in [0, 0.05) is 17.5 Å². The molecule has 2 aromatic heterocycles. The molecule has 96 valence electrons. The zero-order chi connectivity index (χ0) is 13.2. The molecule has 5 nitrogen and oxygen atoms in total. The number of furan rings is 1. The summed E-state index contributed by atoms with van der Waals surface area (Å²) in [5.41, 5.74) is 0.616. The van der Waals surface area contributed by atoms with Crippen LogP contribution in [0.3, 0.4) is 0 Å². The maximum Gasteiger partial charge on any atom is 0.315 e. The molecule has 0 spiro atoms. The summed E-state index contributed by atoms with van der Waals surface area (Å²) in [6, 6.07) is 1.86. The van der Waals surface area contributed by atoms with Crippen LogP contribution in [0.1, 0.15) is 25.1 Å². The Labute approximate surface area is 108 Å². The van der Waals surface area contributed by atoms with E-state index in [0.29, 0.717) is 17.4 Å². The second-order valence-corrected chi connectivity index (χ2v) is 5.31. The first-order valence-electron chi connectivity index (χ1n) is 5.44. The molecule has 0 aliphatic heterocycles. The SMILES string of the molecule is CC(C)(C(=O)O)c1csc(NCc2ccoc2)n1. The first kappa shape index (κ1) is 12.6. The molecule has 0 amide bonds. The van der Waals surface area contributed by atoms with Crippen LogP contribution < -0.4 is 5.32 Å². The van der Waals surface area contributed by atoms with Crippen molar-refractivity contribution in [2.45, 2.75) is 25.8 Å². The monoisotopic (exact) mass is 266 g/mol. The van der Waals surface area contributed by atoms with Crippen molar-refractivity contribution in [3.63, 3.8) is 0 Å². The van der Waals surface area contributed by atoms with Crippen LogP contribution in [-0.4, -0.2) is 16.1 Å². The molecule has 0 bridgehead atoms. The van der Waals surface area contributed by atoms with E-state index < -0.39 is 11.4 Å². The minimum absolute atomic E-state index is 0.565. The average molecular weight is 266 g/mol. The standard InChI is InChI=1S/C12H14N2O3S/c1-12(2,10(15)16)9-7-18-11(14-9)13-5-8-3-4-17-6-8/h3-4,6-7H,5H2,1-2H3,(H,13,14)(H,15,16). The maximum absolute atomic E-state index is 11.1. The lowest BCUT2D eigenvalue weighted by molar-refractivity contribution is -0.142. The van der Waals surface area contributed by atoms with E-state index in [1.807, 2.05) is 6.07 Å². The molecule has 0 aliphatic carbocycles. The Morgan fingerprint density at radius 1 is 1.61 bits per heavy atom. The van der Waals surface area contributed by atoms with Crippen LogP contribution in [0.15, 0.2) is 28.4 Å². The Morgan fingerprint density at radius 2 is 2.39 bits per heavy atom. The van der Waals surface area contributed by atoms with Crippen LogP contribution >= 0.6 is 11.3 Å². The number of aromatic nitrogens is 1. The summed E-state index contributed by atoms with van der Waals surface area (Å²) in [7, 11) is 0. The van der Waals surface area contributed by atoms with Crippen molar-refractivity contribution < 1.29 is 14.3 Å². The highest BCUT2D eigenvalue weighted by atomic mass is 32.1.